The van der Waals surface area contributed by atoms with Gasteiger partial charge in [-0.25, -0.2) is 4.79 Å². The van der Waals surface area contributed by atoms with Gasteiger partial charge in [-0.3, -0.25) is 20.2 Å². The molecule has 0 aromatic carbocycles. The topological polar surface area (TPSA) is 113 Å². The van der Waals surface area contributed by atoms with Crippen LogP contribution in [0, 0.1) is 20.2 Å². The average molecular weight is 292 g/mol. The Morgan fingerprint density at radius 2 is 1.24 bits per heavy atom. The predicted octanol–water partition coefficient (Wildman–Crippen LogP) is 2.29. The summed E-state index contributed by atoms with van der Waals surface area (Å²) < 4.78 is 4.64. The van der Waals surface area contributed by atoms with Crippen molar-refractivity contribution in [2.45, 2.75) is 0 Å². The molecule has 0 spiro atoms. The van der Waals surface area contributed by atoms with Gasteiger partial charge in [-0.05, 0) is 6.08 Å². The van der Waals surface area contributed by atoms with Gasteiger partial charge in [0.05, 0.1) is 16.1 Å². The maximum absolute atomic E-state index is 11.1. The molecular weight excluding hydrogens is 280 g/mol. The van der Waals surface area contributed by atoms with Gasteiger partial charge in [0.1, 0.15) is 0 Å². The first-order valence-electron chi connectivity index (χ1n) is 5.51. The van der Waals surface area contributed by atoms with Gasteiger partial charge >= 0.3 is 5.97 Å². The number of ether oxygens (including phenoxy) is 1. The second-order valence-corrected chi connectivity index (χ2v) is 3.15. The van der Waals surface area contributed by atoms with E-state index in [4.69, 9.17) is 0 Å². The zero-order valence-corrected chi connectivity index (χ0v) is 10.8. The van der Waals surface area contributed by atoms with Crippen molar-refractivity contribution in [2.75, 3.05) is 0 Å². The molecule has 0 bridgehead atoms. The molecule has 0 amide bonds. The van der Waals surface area contributed by atoms with E-state index in [0.29, 0.717) is 0 Å². The lowest BCUT2D eigenvalue weighted by Gasteiger charge is -1.89. The number of hydrogen-bond donors (Lipinski definition) is 0. The Morgan fingerprint density at radius 3 is 1.76 bits per heavy atom. The van der Waals surface area contributed by atoms with Crippen LogP contribution in [0.5, 0.6) is 0 Å². The molecule has 8 nitrogen and oxygen atoms in total. The minimum absolute atomic E-state index is 0.604. The van der Waals surface area contributed by atoms with Crippen molar-refractivity contribution in [2.24, 2.45) is 0 Å². The van der Waals surface area contributed by atoms with Crippen LogP contribution in [0.15, 0.2) is 73.3 Å². The van der Waals surface area contributed by atoms with E-state index in [1.807, 2.05) is 0 Å². The molecule has 0 aliphatic rings. The smallest absolute Gasteiger partial charge is 0.335 e. The van der Waals surface area contributed by atoms with Gasteiger partial charge in [0.2, 0.25) is 12.4 Å². The summed E-state index contributed by atoms with van der Waals surface area (Å²) in [7, 11) is 0. The Morgan fingerprint density at radius 1 is 0.762 bits per heavy atom. The molecule has 0 atom stereocenters. The molecule has 0 fully saturated rings. The highest BCUT2D eigenvalue weighted by Gasteiger charge is 1.89. The number of nitro groups is 2. The van der Waals surface area contributed by atoms with Crippen molar-refractivity contribution in [3.63, 3.8) is 0 Å². The van der Waals surface area contributed by atoms with Crippen LogP contribution in [-0.4, -0.2) is 15.8 Å². The Balaban J connectivity index is 3.99. The van der Waals surface area contributed by atoms with E-state index < -0.39 is 15.8 Å². The van der Waals surface area contributed by atoms with Gasteiger partial charge in [-0.1, -0.05) is 30.4 Å². The lowest BCUT2D eigenvalue weighted by atomic mass is 10.4. The van der Waals surface area contributed by atoms with Crippen molar-refractivity contribution in [3.05, 3.63) is 93.6 Å². The zero-order chi connectivity index (χ0) is 15.9. The quantitative estimate of drug-likeness (QED) is 0.169. The minimum Gasteiger partial charge on any atom is -0.431 e. The third-order valence-electron chi connectivity index (χ3n) is 1.58. The van der Waals surface area contributed by atoms with Crippen LogP contribution in [0.4, 0.5) is 0 Å². The third kappa shape index (κ3) is 14.7. The first kappa shape index (κ1) is 17.7. The van der Waals surface area contributed by atoms with Crippen molar-refractivity contribution >= 4 is 5.97 Å². The van der Waals surface area contributed by atoms with Crippen LogP contribution in [0.1, 0.15) is 0 Å². The number of rotatable bonds is 8. The number of esters is 1. The van der Waals surface area contributed by atoms with Gasteiger partial charge in [-0.2, -0.15) is 0 Å². The van der Waals surface area contributed by atoms with Gasteiger partial charge in [0, 0.05) is 18.2 Å². The molecule has 0 aliphatic heterocycles. The number of carbonyl (C=O) groups is 1. The van der Waals surface area contributed by atoms with E-state index in [1.165, 1.54) is 48.6 Å². The fourth-order valence-electron chi connectivity index (χ4n) is 0.822. The zero-order valence-electron chi connectivity index (χ0n) is 10.8. The van der Waals surface area contributed by atoms with E-state index in [1.54, 1.807) is 0 Å². The fourth-order valence-corrected chi connectivity index (χ4v) is 0.822. The molecule has 0 heterocycles. The number of nitrogens with zero attached hydrogens (tertiary/aromatic N) is 2. The molecular formula is C13H12N2O6. The number of allylic oxidation sites excluding steroid dienone is 8. The fraction of sp³-hybridized carbons (Fsp3) is 0. The largest absolute Gasteiger partial charge is 0.431 e. The van der Waals surface area contributed by atoms with E-state index in [9.17, 15) is 25.0 Å². The van der Waals surface area contributed by atoms with Crippen LogP contribution in [0.25, 0.3) is 0 Å². The molecule has 0 aromatic rings. The van der Waals surface area contributed by atoms with Crippen LogP contribution in [0.2, 0.25) is 0 Å². The molecule has 0 saturated carbocycles. The molecule has 110 valence electrons. The number of hydrogen-bond acceptors (Lipinski definition) is 6. The van der Waals surface area contributed by atoms with Gasteiger partial charge in [0.25, 0.3) is 0 Å². The molecule has 0 rings (SSSR count). The second kappa shape index (κ2) is 11.8. The maximum Gasteiger partial charge on any atom is 0.335 e. The van der Waals surface area contributed by atoms with Crippen LogP contribution in [-0.2, 0) is 9.53 Å². The van der Waals surface area contributed by atoms with Crippen molar-refractivity contribution < 1.29 is 19.4 Å². The predicted molar refractivity (Wildman–Crippen MR) is 74.9 cm³/mol. The van der Waals surface area contributed by atoms with Crippen molar-refractivity contribution in [1.29, 1.82) is 0 Å². The lowest BCUT2D eigenvalue weighted by molar-refractivity contribution is -0.402. The summed E-state index contributed by atoms with van der Waals surface area (Å²) in [5, 5.41) is 19.9. The van der Waals surface area contributed by atoms with E-state index >= 15 is 0 Å². The van der Waals surface area contributed by atoms with Crippen molar-refractivity contribution in [3.8, 4) is 0 Å². The van der Waals surface area contributed by atoms with E-state index in [2.05, 4.69) is 4.74 Å². The van der Waals surface area contributed by atoms with Gasteiger partial charge < -0.3 is 4.74 Å². The molecule has 0 aromatic heterocycles. The molecule has 21 heavy (non-hydrogen) atoms. The summed E-state index contributed by atoms with van der Waals surface area (Å²) in [5.74, 6) is -0.636. The van der Waals surface area contributed by atoms with Crippen LogP contribution in [0.3, 0.4) is 0 Å². The van der Waals surface area contributed by atoms with Gasteiger partial charge in [0.15, 0.2) is 0 Å². The monoisotopic (exact) mass is 292 g/mol. The van der Waals surface area contributed by atoms with E-state index in [-0.39, 0.29) is 0 Å². The standard InChI is InChI=1S/C13H12N2O6/c16-13(9-5-1-2-6-10-14(17)18)21-12-8-4-3-7-11-15(19)20/h1-12H/b2-1+,4-3+,9-5+,10-6+,11-7+,12-8+. The SMILES string of the molecule is O=C(/C=C/C=C/C=C/[N+](=O)[O-])O/C=C/C=C/C=C/[N+](=O)[O-]. The summed E-state index contributed by atoms with van der Waals surface area (Å²) in [6.07, 6.45) is 14.6. The summed E-state index contributed by atoms with van der Waals surface area (Å²) >= 11 is 0. The highest BCUT2D eigenvalue weighted by molar-refractivity contribution is 5.82. The summed E-state index contributed by atoms with van der Waals surface area (Å²) in [6.45, 7) is 0. The minimum atomic E-state index is -0.636. The summed E-state index contributed by atoms with van der Waals surface area (Å²) in [4.78, 5) is 29.8. The highest BCUT2D eigenvalue weighted by atomic mass is 16.6. The van der Waals surface area contributed by atoms with Crippen molar-refractivity contribution in [1.82, 2.24) is 0 Å². The molecule has 0 aliphatic carbocycles. The van der Waals surface area contributed by atoms with E-state index in [0.717, 1.165) is 24.7 Å². The number of carbonyl (C=O) groups excluding carboxylic acids is 1. The normalized spacial score (nSPS) is 12.6. The summed E-state index contributed by atoms with van der Waals surface area (Å²) in [5.41, 5.74) is 0. The summed E-state index contributed by atoms with van der Waals surface area (Å²) in [6, 6.07) is 0. The van der Waals surface area contributed by atoms with Gasteiger partial charge in [-0.15, -0.1) is 0 Å². The first-order chi connectivity index (χ1) is 10.0. The Kier molecular flexibility index (Phi) is 9.94. The Hall–Kier alpha value is -3.29. The maximum atomic E-state index is 11.1. The average Bonchev–Trinajstić information content (AvgIpc) is 2.41. The second-order valence-electron chi connectivity index (χ2n) is 3.15. The first-order valence-corrected chi connectivity index (χ1v) is 5.51. The Bertz CT molecular complexity index is 541. The molecule has 0 N–H and O–H groups in total. The molecule has 0 radical (unpaired) electrons. The van der Waals surface area contributed by atoms with Crippen LogP contribution < -0.4 is 0 Å². The Labute approximate surface area is 120 Å². The lowest BCUT2D eigenvalue weighted by Crippen LogP contribution is -1.92. The highest BCUT2D eigenvalue weighted by Crippen LogP contribution is 1.87. The molecule has 0 saturated heterocycles. The third-order valence-corrected chi connectivity index (χ3v) is 1.58. The van der Waals surface area contributed by atoms with Crippen LogP contribution >= 0.6 is 0 Å². The molecule has 0 unspecified atom stereocenters. The molecule has 8 heteroatoms.